The van der Waals surface area contributed by atoms with Crippen molar-refractivity contribution in [3.8, 4) is 0 Å². The van der Waals surface area contributed by atoms with Crippen molar-refractivity contribution in [3.63, 3.8) is 0 Å². The van der Waals surface area contributed by atoms with Crippen molar-refractivity contribution in [3.05, 3.63) is 0 Å². The number of likely N-dealkylation sites (N-methyl/N-ethyl adjacent to an activating group) is 1. The molecule has 0 aromatic rings. The molecule has 19 heavy (non-hydrogen) atoms. The van der Waals surface area contributed by atoms with E-state index in [2.05, 4.69) is 17.1 Å². The van der Waals surface area contributed by atoms with Gasteiger partial charge in [-0.25, -0.2) is 0 Å². The van der Waals surface area contributed by atoms with Crippen LogP contribution in [0.15, 0.2) is 0 Å². The lowest BCUT2D eigenvalue weighted by Gasteiger charge is -2.33. The second-order valence-corrected chi connectivity index (χ2v) is 6.56. The third-order valence-electron chi connectivity index (χ3n) is 4.60. The summed E-state index contributed by atoms with van der Waals surface area (Å²) in [6, 6.07) is 0.659. The van der Waals surface area contributed by atoms with Crippen molar-refractivity contribution in [1.29, 1.82) is 0 Å². The molecular weight excluding hydrogens is 238 g/mol. The summed E-state index contributed by atoms with van der Waals surface area (Å²) < 4.78 is 0. The monoisotopic (exact) mass is 267 g/mol. The molecule has 2 fully saturated rings. The Morgan fingerprint density at radius 1 is 1.26 bits per heavy atom. The predicted molar refractivity (Wildman–Crippen MR) is 78.0 cm³/mol. The molecule has 2 aliphatic rings. The smallest absolute Gasteiger partial charge is 0.236 e. The van der Waals surface area contributed by atoms with Crippen LogP contribution in [-0.2, 0) is 4.79 Å². The van der Waals surface area contributed by atoms with Crippen LogP contribution in [0.5, 0.6) is 0 Å². The van der Waals surface area contributed by atoms with E-state index in [1.165, 1.54) is 32.2 Å². The quantitative estimate of drug-likeness (QED) is 0.785. The molecule has 2 rings (SSSR count). The molecule has 1 atom stereocenters. The molecule has 1 N–H and O–H groups in total. The van der Waals surface area contributed by atoms with Gasteiger partial charge >= 0.3 is 0 Å². The summed E-state index contributed by atoms with van der Waals surface area (Å²) in [5.74, 6) is 2.05. The van der Waals surface area contributed by atoms with E-state index in [1.54, 1.807) is 4.90 Å². The highest BCUT2D eigenvalue weighted by atomic mass is 16.2. The van der Waals surface area contributed by atoms with Crippen LogP contribution in [0.2, 0.25) is 0 Å². The third-order valence-corrected chi connectivity index (χ3v) is 4.60. The maximum atomic E-state index is 11.7. The number of carbonyl (C=O) groups excluding carboxylic acids is 1. The van der Waals surface area contributed by atoms with Gasteiger partial charge in [0.1, 0.15) is 0 Å². The highest BCUT2D eigenvalue weighted by molar-refractivity contribution is 5.77. The van der Waals surface area contributed by atoms with Crippen molar-refractivity contribution in [2.24, 2.45) is 11.8 Å². The molecule has 1 saturated carbocycles. The van der Waals surface area contributed by atoms with Gasteiger partial charge in [0.15, 0.2) is 0 Å². The predicted octanol–water partition coefficient (Wildman–Crippen LogP) is 1.17. The number of rotatable bonds is 6. The lowest BCUT2D eigenvalue weighted by molar-refractivity contribution is -0.130. The van der Waals surface area contributed by atoms with Crippen LogP contribution in [0.1, 0.15) is 32.6 Å². The molecule has 4 nitrogen and oxygen atoms in total. The summed E-state index contributed by atoms with van der Waals surface area (Å²) in [6.45, 7) is 6.23. The standard InChI is InChI=1S/C15H29N3O/c1-12(13-4-5-13)10-16-14-6-8-18(9-7-14)11-15(19)17(2)3/h12-14,16H,4-11H2,1-3H3. The Kier molecular flexibility index (Phi) is 5.22. The molecule has 0 spiro atoms. The first-order valence-electron chi connectivity index (χ1n) is 7.72. The molecule has 1 amide bonds. The van der Waals surface area contributed by atoms with Crippen molar-refractivity contribution in [1.82, 2.24) is 15.1 Å². The van der Waals surface area contributed by atoms with Gasteiger partial charge in [0, 0.05) is 33.2 Å². The van der Waals surface area contributed by atoms with E-state index in [4.69, 9.17) is 0 Å². The van der Waals surface area contributed by atoms with Crippen LogP contribution in [0.25, 0.3) is 0 Å². The Labute approximate surface area is 117 Å². The normalized spacial score (nSPS) is 23.3. The van der Waals surface area contributed by atoms with Gasteiger partial charge in [0.2, 0.25) is 5.91 Å². The fourth-order valence-electron chi connectivity index (χ4n) is 2.81. The minimum Gasteiger partial charge on any atom is -0.348 e. The first kappa shape index (κ1) is 14.8. The van der Waals surface area contributed by atoms with Crippen LogP contribution in [0.4, 0.5) is 0 Å². The number of hydrogen-bond donors (Lipinski definition) is 1. The Hall–Kier alpha value is -0.610. The van der Waals surface area contributed by atoms with Crippen molar-refractivity contribution in [2.75, 3.05) is 40.3 Å². The SMILES string of the molecule is CC(CNC1CCN(CC(=O)N(C)C)CC1)C1CC1. The number of carbonyl (C=O) groups is 1. The summed E-state index contributed by atoms with van der Waals surface area (Å²) in [6.07, 6.45) is 5.23. The van der Waals surface area contributed by atoms with E-state index in [0.29, 0.717) is 12.6 Å². The van der Waals surface area contributed by atoms with Crippen LogP contribution in [0.3, 0.4) is 0 Å². The van der Waals surface area contributed by atoms with Crippen LogP contribution < -0.4 is 5.32 Å². The van der Waals surface area contributed by atoms with E-state index >= 15 is 0 Å². The topological polar surface area (TPSA) is 35.6 Å². The van der Waals surface area contributed by atoms with Crippen molar-refractivity contribution in [2.45, 2.75) is 38.6 Å². The van der Waals surface area contributed by atoms with E-state index in [0.717, 1.165) is 24.9 Å². The van der Waals surface area contributed by atoms with E-state index in [1.807, 2.05) is 14.1 Å². The molecule has 1 aliphatic carbocycles. The van der Waals surface area contributed by atoms with Crippen LogP contribution in [-0.4, -0.2) is 62.0 Å². The van der Waals surface area contributed by atoms with Gasteiger partial charge in [-0.05, 0) is 44.1 Å². The minimum absolute atomic E-state index is 0.216. The van der Waals surface area contributed by atoms with E-state index in [-0.39, 0.29) is 5.91 Å². The Bertz CT molecular complexity index is 294. The maximum absolute atomic E-state index is 11.7. The second-order valence-electron chi connectivity index (χ2n) is 6.56. The van der Waals surface area contributed by atoms with Gasteiger partial charge < -0.3 is 10.2 Å². The molecular formula is C15H29N3O. The molecule has 1 aliphatic heterocycles. The summed E-state index contributed by atoms with van der Waals surface area (Å²) >= 11 is 0. The Morgan fingerprint density at radius 3 is 2.42 bits per heavy atom. The zero-order valence-corrected chi connectivity index (χ0v) is 12.7. The van der Waals surface area contributed by atoms with Crippen molar-refractivity contribution >= 4 is 5.91 Å². The molecule has 0 bridgehead atoms. The molecule has 1 saturated heterocycles. The Balaban J connectivity index is 1.60. The number of hydrogen-bond acceptors (Lipinski definition) is 3. The number of nitrogens with zero attached hydrogens (tertiary/aromatic N) is 2. The first-order valence-corrected chi connectivity index (χ1v) is 7.72. The third kappa shape index (κ3) is 4.77. The largest absolute Gasteiger partial charge is 0.348 e. The molecule has 0 radical (unpaired) electrons. The Morgan fingerprint density at radius 2 is 1.89 bits per heavy atom. The summed E-state index contributed by atoms with van der Waals surface area (Å²) in [7, 11) is 3.66. The lowest BCUT2D eigenvalue weighted by atomic mass is 10.0. The van der Waals surface area contributed by atoms with Crippen LogP contribution >= 0.6 is 0 Å². The van der Waals surface area contributed by atoms with E-state index < -0.39 is 0 Å². The number of amides is 1. The molecule has 0 aromatic heterocycles. The highest BCUT2D eigenvalue weighted by Gasteiger charge is 2.28. The van der Waals surface area contributed by atoms with Gasteiger partial charge in [0.05, 0.1) is 6.54 Å². The molecule has 4 heteroatoms. The zero-order chi connectivity index (χ0) is 13.8. The lowest BCUT2D eigenvalue weighted by Crippen LogP contribution is -2.46. The van der Waals surface area contributed by atoms with Gasteiger partial charge in [-0.1, -0.05) is 6.92 Å². The summed E-state index contributed by atoms with van der Waals surface area (Å²) in [4.78, 5) is 15.6. The average molecular weight is 267 g/mol. The molecule has 1 heterocycles. The number of piperidine rings is 1. The summed E-state index contributed by atoms with van der Waals surface area (Å²) in [5.41, 5.74) is 0. The minimum atomic E-state index is 0.216. The van der Waals surface area contributed by atoms with Gasteiger partial charge in [-0.15, -0.1) is 0 Å². The second kappa shape index (κ2) is 6.71. The van der Waals surface area contributed by atoms with Gasteiger partial charge in [0.25, 0.3) is 0 Å². The van der Waals surface area contributed by atoms with Gasteiger partial charge in [-0.2, -0.15) is 0 Å². The zero-order valence-electron chi connectivity index (χ0n) is 12.7. The van der Waals surface area contributed by atoms with E-state index in [9.17, 15) is 4.79 Å². The number of likely N-dealkylation sites (tertiary alicyclic amines) is 1. The number of nitrogens with one attached hydrogen (secondary N) is 1. The maximum Gasteiger partial charge on any atom is 0.236 e. The molecule has 110 valence electrons. The highest BCUT2D eigenvalue weighted by Crippen LogP contribution is 2.36. The fourth-order valence-corrected chi connectivity index (χ4v) is 2.81. The molecule has 0 aromatic carbocycles. The molecule has 1 unspecified atom stereocenters. The van der Waals surface area contributed by atoms with Gasteiger partial charge in [-0.3, -0.25) is 9.69 Å². The van der Waals surface area contributed by atoms with Crippen LogP contribution in [0, 0.1) is 11.8 Å². The fraction of sp³-hybridized carbons (Fsp3) is 0.933. The summed E-state index contributed by atoms with van der Waals surface area (Å²) in [5, 5.41) is 3.72. The van der Waals surface area contributed by atoms with Crippen molar-refractivity contribution < 1.29 is 4.79 Å². The first-order chi connectivity index (χ1) is 9.06. The average Bonchev–Trinajstić information content (AvgIpc) is 3.21.